The summed E-state index contributed by atoms with van der Waals surface area (Å²) in [6.07, 6.45) is 0. The fourth-order valence-corrected chi connectivity index (χ4v) is 1.05. The molecular formula is C8H6N2S. The van der Waals surface area contributed by atoms with E-state index in [-0.39, 0.29) is 0 Å². The molecule has 0 amide bonds. The Labute approximate surface area is 69.6 Å². The molecule has 0 N–H and O–H groups in total. The molecule has 0 radical (unpaired) electrons. The molecule has 0 atom stereocenters. The van der Waals surface area contributed by atoms with E-state index in [1.807, 2.05) is 29.7 Å². The van der Waals surface area contributed by atoms with Gasteiger partial charge in [0.05, 0.1) is 5.69 Å². The molecule has 0 spiro atoms. The van der Waals surface area contributed by atoms with Crippen molar-refractivity contribution in [1.29, 1.82) is 5.26 Å². The lowest BCUT2D eigenvalue weighted by atomic mass is 10.3. The first-order chi connectivity index (χ1) is 5.36. The monoisotopic (exact) mass is 162 g/mol. The first-order valence-corrected chi connectivity index (χ1v) is 3.81. The molecule has 0 saturated carbocycles. The maximum Gasteiger partial charge on any atom is 0.138 e. The molecule has 0 fully saturated rings. The van der Waals surface area contributed by atoms with Gasteiger partial charge in [-0.3, -0.25) is 4.99 Å². The molecule has 0 aliphatic heterocycles. The Morgan fingerprint density at radius 1 is 1.36 bits per heavy atom. The Morgan fingerprint density at radius 2 is 2.00 bits per heavy atom. The smallest absolute Gasteiger partial charge is 0.138 e. The second-order valence-electron chi connectivity index (χ2n) is 1.85. The van der Waals surface area contributed by atoms with Crippen molar-refractivity contribution >= 4 is 24.2 Å². The van der Waals surface area contributed by atoms with Crippen LogP contribution in [0.5, 0.6) is 0 Å². The lowest BCUT2D eigenvalue weighted by Crippen LogP contribution is -1.66. The van der Waals surface area contributed by atoms with Crippen molar-refractivity contribution < 1.29 is 0 Å². The highest BCUT2D eigenvalue weighted by atomic mass is 32.2. The average Bonchev–Trinajstić information content (AvgIpc) is 2.07. The fraction of sp³-hybridized carbons (Fsp3) is 0. The summed E-state index contributed by atoms with van der Waals surface area (Å²) >= 11 is 1.14. The van der Waals surface area contributed by atoms with Gasteiger partial charge in [0.1, 0.15) is 5.40 Å². The van der Waals surface area contributed by atoms with Gasteiger partial charge >= 0.3 is 0 Å². The van der Waals surface area contributed by atoms with E-state index in [4.69, 9.17) is 5.26 Å². The van der Waals surface area contributed by atoms with Gasteiger partial charge in [-0.15, -0.1) is 0 Å². The number of thioether (sulfide) groups is 1. The summed E-state index contributed by atoms with van der Waals surface area (Å²) in [6, 6.07) is 7.34. The summed E-state index contributed by atoms with van der Waals surface area (Å²) in [5, 5.41) is 10.3. The molecule has 0 unspecified atom stereocenters. The third-order valence-corrected chi connectivity index (χ3v) is 1.78. The van der Waals surface area contributed by atoms with Gasteiger partial charge < -0.3 is 0 Å². The average molecular weight is 162 g/mol. The van der Waals surface area contributed by atoms with Crippen LogP contribution < -0.4 is 0 Å². The van der Waals surface area contributed by atoms with E-state index in [1.165, 1.54) is 0 Å². The van der Waals surface area contributed by atoms with Crippen LogP contribution in [-0.4, -0.2) is 6.72 Å². The topological polar surface area (TPSA) is 36.1 Å². The highest BCUT2D eigenvalue weighted by Gasteiger charge is 1.90. The standard InChI is InChI=1S/C8H6N2S/c1-10-7-2-4-8(5-3-7)11-6-9/h2-5H,1H2. The lowest BCUT2D eigenvalue weighted by molar-refractivity contribution is 1.43. The Morgan fingerprint density at radius 3 is 2.45 bits per heavy atom. The van der Waals surface area contributed by atoms with Crippen molar-refractivity contribution in [2.24, 2.45) is 4.99 Å². The molecule has 0 heterocycles. The van der Waals surface area contributed by atoms with Crippen LogP contribution >= 0.6 is 11.8 Å². The van der Waals surface area contributed by atoms with Crippen LogP contribution in [0.25, 0.3) is 0 Å². The molecule has 2 nitrogen and oxygen atoms in total. The van der Waals surface area contributed by atoms with Crippen molar-refractivity contribution in [3.63, 3.8) is 0 Å². The van der Waals surface area contributed by atoms with Crippen LogP contribution in [0.2, 0.25) is 0 Å². The van der Waals surface area contributed by atoms with Crippen LogP contribution in [0, 0.1) is 10.7 Å². The number of benzene rings is 1. The van der Waals surface area contributed by atoms with Crippen LogP contribution in [-0.2, 0) is 0 Å². The van der Waals surface area contributed by atoms with Crippen LogP contribution in [0.4, 0.5) is 5.69 Å². The van der Waals surface area contributed by atoms with Gasteiger partial charge in [0.25, 0.3) is 0 Å². The molecule has 54 valence electrons. The molecule has 0 aliphatic rings. The highest BCUT2D eigenvalue weighted by Crippen LogP contribution is 2.19. The van der Waals surface area contributed by atoms with E-state index in [9.17, 15) is 0 Å². The zero-order valence-corrected chi connectivity index (χ0v) is 6.64. The molecular weight excluding hydrogens is 156 g/mol. The van der Waals surface area contributed by atoms with Crippen molar-refractivity contribution in [2.75, 3.05) is 0 Å². The van der Waals surface area contributed by atoms with E-state index in [2.05, 4.69) is 11.7 Å². The lowest BCUT2D eigenvalue weighted by Gasteiger charge is -1.92. The SMILES string of the molecule is C=Nc1ccc(SC#N)cc1. The molecule has 0 bridgehead atoms. The zero-order valence-electron chi connectivity index (χ0n) is 5.82. The molecule has 1 rings (SSSR count). The van der Waals surface area contributed by atoms with Crippen LogP contribution in [0.1, 0.15) is 0 Å². The van der Waals surface area contributed by atoms with Crippen LogP contribution in [0.15, 0.2) is 34.2 Å². The predicted octanol–water partition coefficient (Wildman–Crippen LogP) is 2.59. The van der Waals surface area contributed by atoms with Crippen molar-refractivity contribution in [3.8, 4) is 5.40 Å². The summed E-state index contributed by atoms with van der Waals surface area (Å²) in [5.41, 5.74) is 0.826. The molecule has 0 aliphatic carbocycles. The molecule has 1 aromatic rings. The van der Waals surface area contributed by atoms with Crippen LogP contribution in [0.3, 0.4) is 0 Å². The van der Waals surface area contributed by atoms with Crippen molar-refractivity contribution in [1.82, 2.24) is 0 Å². The largest absolute Gasteiger partial charge is 0.265 e. The molecule has 0 saturated heterocycles. The number of nitriles is 1. The van der Waals surface area contributed by atoms with E-state index in [0.29, 0.717) is 0 Å². The van der Waals surface area contributed by atoms with E-state index < -0.39 is 0 Å². The Kier molecular flexibility index (Phi) is 2.70. The summed E-state index contributed by atoms with van der Waals surface area (Å²) in [7, 11) is 0. The van der Waals surface area contributed by atoms with Gasteiger partial charge in [-0.05, 0) is 42.7 Å². The molecule has 3 heteroatoms. The summed E-state index contributed by atoms with van der Waals surface area (Å²) < 4.78 is 0. The van der Waals surface area contributed by atoms with Crippen molar-refractivity contribution in [2.45, 2.75) is 4.90 Å². The van der Waals surface area contributed by atoms with Gasteiger partial charge in [0.15, 0.2) is 0 Å². The molecule has 11 heavy (non-hydrogen) atoms. The van der Waals surface area contributed by atoms with Gasteiger partial charge in [0, 0.05) is 4.90 Å². The van der Waals surface area contributed by atoms with Crippen molar-refractivity contribution in [3.05, 3.63) is 24.3 Å². The van der Waals surface area contributed by atoms with Gasteiger partial charge in [-0.25, -0.2) is 0 Å². The molecule has 1 aromatic carbocycles. The third-order valence-electron chi connectivity index (χ3n) is 1.18. The first kappa shape index (κ1) is 7.83. The van der Waals surface area contributed by atoms with Gasteiger partial charge in [-0.2, -0.15) is 5.26 Å². The maximum absolute atomic E-state index is 8.32. The van der Waals surface area contributed by atoms with Gasteiger partial charge in [-0.1, -0.05) is 0 Å². The minimum Gasteiger partial charge on any atom is -0.265 e. The van der Waals surface area contributed by atoms with E-state index in [0.717, 1.165) is 22.3 Å². The number of hydrogen-bond acceptors (Lipinski definition) is 3. The number of aliphatic imine (C=N–C) groups is 1. The summed E-state index contributed by atoms with van der Waals surface area (Å²) in [6.45, 7) is 3.38. The Hall–Kier alpha value is -1.27. The third kappa shape index (κ3) is 2.10. The maximum atomic E-state index is 8.32. The Balaban J connectivity index is 2.84. The summed E-state index contributed by atoms with van der Waals surface area (Å²) in [5.74, 6) is 0. The predicted molar refractivity (Wildman–Crippen MR) is 47.1 cm³/mol. The quantitative estimate of drug-likeness (QED) is 0.380. The molecule has 0 aromatic heterocycles. The minimum atomic E-state index is 0.826. The van der Waals surface area contributed by atoms with Gasteiger partial charge in [0.2, 0.25) is 0 Å². The fourth-order valence-electron chi connectivity index (χ4n) is 0.672. The summed E-state index contributed by atoms with van der Waals surface area (Å²) in [4.78, 5) is 4.66. The first-order valence-electron chi connectivity index (χ1n) is 2.99. The Bertz CT molecular complexity index is 284. The van der Waals surface area contributed by atoms with E-state index in [1.54, 1.807) is 0 Å². The highest BCUT2D eigenvalue weighted by molar-refractivity contribution is 8.03. The second kappa shape index (κ2) is 3.79. The number of rotatable bonds is 2. The number of hydrogen-bond donors (Lipinski definition) is 0. The number of thiocyanates is 1. The van der Waals surface area contributed by atoms with E-state index >= 15 is 0 Å². The zero-order chi connectivity index (χ0) is 8.10. The normalized spacial score (nSPS) is 8.64. The number of nitrogens with zero attached hydrogens (tertiary/aromatic N) is 2. The minimum absolute atomic E-state index is 0.826. The second-order valence-corrected chi connectivity index (χ2v) is 2.70.